The Bertz CT molecular complexity index is 809. The quantitative estimate of drug-likeness (QED) is 0.775. The second kappa shape index (κ2) is 6.22. The number of para-hydroxylation sites is 1. The molecule has 4 nitrogen and oxygen atoms in total. The second-order valence-electron chi connectivity index (χ2n) is 5.01. The number of aliphatic hydroxyl groups excluding tert-OH is 1. The zero-order valence-electron chi connectivity index (χ0n) is 11.8. The molecule has 0 bridgehead atoms. The van der Waals surface area contributed by atoms with Gasteiger partial charge in [-0.25, -0.2) is 0 Å². The van der Waals surface area contributed by atoms with Gasteiger partial charge in [0.1, 0.15) is 6.54 Å². The molecule has 1 heterocycles. The number of amides is 1. The Hall–Kier alpha value is -2.30. The first-order chi connectivity index (χ1) is 10.7. The number of aromatic nitrogens is 1. The van der Waals surface area contributed by atoms with Gasteiger partial charge in [-0.15, -0.1) is 0 Å². The molecule has 3 rings (SSSR count). The number of aliphatic hydroxyl groups is 1. The Morgan fingerprint density at radius 3 is 2.59 bits per heavy atom. The topological polar surface area (TPSA) is 54.3 Å². The van der Waals surface area contributed by atoms with Crippen molar-refractivity contribution in [1.29, 1.82) is 0 Å². The lowest BCUT2D eigenvalue weighted by atomic mass is 10.2. The van der Waals surface area contributed by atoms with E-state index in [1.54, 1.807) is 24.3 Å². The average molecular weight is 315 g/mol. The predicted molar refractivity (Wildman–Crippen MR) is 87.9 cm³/mol. The highest BCUT2D eigenvalue weighted by atomic mass is 35.5. The first kappa shape index (κ1) is 14.6. The number of nitrogens with zero attached hydrogens (tertiary/aromatic N) is 1. The summed E-state index contributed by atoms with van der Waals surface area (Å²) in [6, 6.07) is 14.7. The number of carbonyl (C=O) groups is 1. The van der Waals surface area contributed by atoms with Gasteiger partial charge in [0.25, 0.3) is 0 Å². The van der Waals surface area contributed by atoms with Crippen LogP contribution in [0.3, 0.4) is 0 Å². The molecule has 0 radical (unpaired) electrons. The largest absolute Gasteiger partial charge is 0.392 e. The smallest absolute Gasteiger partial charge is 0.244 e. The standard InChI is InChI=1S/C17H15ClN2O2/c18-13-5-7-14(8-6-13)19-17(22)10-20-9-12(11-21)15-3-1-2-4-16(15)20/h1-9,21H,10-11H2,(H,19,22). The lowest BCUT2D eigenvalue weighted by Crippen LogP contribution is -2.18. The van der Waals surface area contributed by atoms with E-state index < -0.39 is 0 Å². The lowest BCUT2D eigenvalue weighted by Gasteiger charge is -2.07. The van der Waals surface area contributed by atoms with E-state index in [1.165, 1.54) is 0 Å². The molecule has 0 spiro atoms. The van der Waals surface area contributed by atoms with Crippen molar-refractivity contribution in [3.05, 3.63) is 65.3 Å². The molecular weight excluding hydrogens is 300 g/mol. The van der Waals surface area contributed by atoms with Crippen molar-refractivity contribution in [2.45, 2.75) is 13.2 Å². The fraction of sp³-hybridized carbons (Fsp3) is 0.118. The van der Waals surface area contributed by atoms with Crippen molar-refractivity contribution < 1.29 is 9.90 Å². The first-order valence-corrected chi connectivity index (χ1v) is 7.28. The molecule has 0 unspecified atom stereocenters. The van der Waals surface area contributed by atoms with Crippen LogP contribution in [0.5, 0.6) is 0 Å². The normalized spacial score (nSPS) is 10.8. The molecule has 0 aliphatic carbocycles. The van der Waals surface area contributed by atoms with Gasteiger partial charge in [0.15, 0.2) is 0 Å². The molecule has 2 N–H and O–H groups in total. The summed E-state index contributed by atoms with van der Waals surface area (Å²) in [5, 5.41) is 13.8. The number of carbonyl (C=O) groups excluding carboxylic acids is 1. The molecule has 0 aliphatic heterocycles. The number of nitrogens with one attached hydrogen (secondary N) is 1. The van der Waals surface area contributed by atoms with Crippen molar-refractivity contribution in [2.75, 3.05) is 5.32 Å². The van der Waals surface area contributed by atoms with Crippen LogP contribution in [-0.2, 0) is 17.9 Å². The van der Waals surface area contributed by atoms with Crippen LogP contribution in [0.15, 0.2) is 54.7 Å². The minimum Gasteiger partial charge on any atom is -0.392 e. The second-order valence-corrected chi connectivity index (χ2v) is 5.45. The predicted octanol–water partition coefficient (Wildman–Crippen LogP) is 3.43. The van der Waals surface area contributed by atoms with E-state index in [0.717, 1.165) is 16.5 Å². The maximum absolute atomic E-state index is 12.2. The van der Waals surface area contributed by atoms with Crippen molar-refractivity contribution in [2.24, 2.45) is 0 Å². The molecule has 0 aliphatic rings. The summed E-state index contributed by atoms with van der Waals surface area (Å²) in [5.74, 6) is -0.132. The van der Waals surface area contributed by atoms with E-state index in [-0.39, 0.29) is 19.1 Å². The minimum absolute atomic E-state index is 0.0493. The Morgan fingerprint density at radius 2 is 1.86 bits per heavy atom. The third-order valence-corrected chi connectivity index (χ3v) is 3.74. The number of benzene rings is 2. The lowest BCUT2D eigenvalue weighted by molar-refractivity contribution is -0.116. The monoisotopic (exact) mass is 314 g/mol. The molecule has 3 aromatic rings. The zero-order valence-corrected chi connectivity index (χ0v) is 12.5. The number of rotatable bonds is 4. The molecular formula is C17H15ClN2O2. The molecule has 2 aromatic carbocycles. The number of fused-ring (bicyclic) bond motifs is 1. The summed E-state index contributed by atoms with van der Waals surface area (Å²) in [5.41, 5.74) is 2.45. The minimum atomic E-state index is -0.132. The summed E-state index contributed by atoms with van der Waals surface area (Å²) in [4.78, 5) is 12.2. The number of hydrogen-bond acceptors (Lipinski definition) is 2. The van der Waals surface area contributed by atoms with E-state index >= 15 is 0 Å². The average Bonchev–Trinajstić information content (AvgIpc) is 2.88. The summed E-state index contributed by atoms with van der Waals surface area (Å²) < 4.78 is 1.84. The highest BCUT2D eigenvalue weighted by Gasteiger charge is 2.10. The summed E-state index contributed by atoms with van der Waals surface area (Å²) >= 11 is 5.82. The number of anilines is 1. The van der Waals surface area contributed by atoms with Gasteiger partial charge in [0, 0.05) is 33.4 Å². The van der Waals surface area contributed by atoms with Gasteiger partial charge in [0.2, 0.25) is 5.91 Å². The first-order valence-electron chi connectivity index (χ1n) is 6.90. The SMILES string of the molecule is O=C(Cn1cc(CO)c2ccccc21)Nc1ccc(Cl)cc1. The molecule has 0 saturated carbocycles. The van der Waals surface area contributed by atoms with Gasteiger partial charge < -0.3 is 15.0 Å². The molecule has 1 amide bonds. The Labute approximate surface area is 132 Å². The van der Waals surface area contributed by atoms with Crippen LogP contribution in [-0.4, -0.2) is 15.6 Å². The van der Waals surface area contributed by atoms with Crippen molar-refractivity contribution in [1.82, 2.24) is 4.57 Å². The summed E-state index contributed by atoms with van der Waals surface area (Å²) in [6.45, 7) is 0.134. The van der Waals surface area contributed by atoms with E-state index in [1.807, 2.05) is 35.0 Å². The van der Waals surface area contributed by atoms with Crippen LogP contribution >= 0.6 is 11.6 Å². The van der Waals surface area contributed by atoms with Crippen LogP contribution in [0, 0.1) is 0 Å². The zero-order chi connectivity index (χ0) is 15.5. The summed E-state index contributed by atoms with van der Waals surface area (Å²) in [7, 11) is 0. The molecule has 0 fully saturated rings. The van der Waals surface area contributed by atoms with Gasteiger partial charge in [-0.1, -0.05) is 29.8 Å². The van der Waals surface area contributed by atoms with Gasteiger partial charge in [-0.05, 0) is 30.3 Å². The van der Waals surface area contributed by atoms with Crippen molar-refractivity contribution >= 4 is 34.1 Å². The number of halogens is 1. The van der Waals surface area contributed by atoms with Crippen LogP contribution in [0.4, 0.5) is 5.69 Å². The third-order valence-electron chi connectivity index (χ3n) is 3.48. The van der Waals surface area contributed by atoms with Crippen LogP contribution in [0.1, 0.15) is 5.56 Å². The highest BCUT2D eigenvalue weighted by Crippen LogP contribution is 2.21. The van der Waals surface area contributed by atoms with Gasteiger partial charge >= 0.3 is 0 Å². The van der Waals surface area contributed by atoms with Crippen LogP contribution < -0.4 is 5.32 Å². The van der Waals surface area contributed by atoms with Crippen molar-refractivity contribution in [3.63, 3.8) is 0 Å². The Balaban J connectivity index is 1.80. The maximum Gasteiger partial charge on any atom is 0.244 e. The molecule has 0 atom stereocenters. The molecule has 5 heteroatoms. The van der Waals surface area contributed by atoms with Crippen molar-refractivity contribution in [3.8, 4) is 0 Å². The fourth-order valence-electron chi connectivity index (χ4n) is 2.47. The van der Waals surface area contributed by atoms with Gasteiger partial charge in [-0.2, -0.15) is 0 Å². The van der Waals surface area contributed by atoms with E-state index in [9.17, 15) is 9.90 Å². The highest BCUT2D eigenvalue weighted by molar-refractivity contribution is 6.30. The Kier molecular flexibility index (Phi) is 4.13. The Morgan fingerprint density at radius 1 is 1.14 bits per heavy atom. The number of hydrogen-bond donors (Lipinski definition) is 2. The van der Waals surface area contributed by atoms with E-state index in [4.69, 9.17) is 11.6 Å². The van der Waals surface area contributed by atoms with Crippen LogP contribution in [0.2, 0.25) is 5.02 Å². The van der Waals surface area contributed by atoms with E-state index in [2.05, 4.69) is 5.32 Å². The third kappa shape index (κ3) is 2.98. The molecule has 0 saturated heterocycles. The maximum atomic E-state index is 12.2. The van der Waals surface area contributed by atoms with E-state index in [0.29, 0.717) is 10.7 Å². The molecule has 22 heavy (non-hydrogen) atoms. The molecule has 1 aromatic heterocycles. The summed E-state index contributed by atoms with van der Waals surface area (Å²) in [6.07, 6.45) is 1.81. The fourth-order valence-corrected chi connectivity index (χ4v) is 2.59. The van der Waals surface area contributed by atoms with Gasteiger partial charge in [-0.3, -0.25) is 4.79 Å². The van der Waals surface area contributed by atoms with Gasteiger partial charge in [0.05, 0.1) is 6.61 Å². The van der Waals surface area contributed by atoms with Crippen LogP contribution in [0.25, 0.3) is 10.9 Å². The molecule has 112 valence electrons.